The highest BCUT2D eigenvalue weighted by molar-refractivity contribution is 7.88. The molecule has 112 heavy (non-hydrogen) atoms. The van der Waals surface area contributed by atoms with Crippen LogP contribution in [0.15, 0.2) is 352 Å². The zero-order chi connectivity index (χ0) is 78.2. The number of alkyl halides is 9. The van der Waals surface area contributed by atoms with Gasteiger partial charge >= 0.3 is 40.5 Å². The van der Waals surface area contributed by atoms with E-state index in [2.05, 4.69) is 134 Å². The molecule has 0 saturated heterocycles. The Morgan fingerprint density at radius 1 is 0.277 bits per heavy atom. The fraction of sp³-hybridized carbons (Fsp3) is 0.0444. The van der Waals surface area contributed by atoms with Crippen LogP contribution in [-0.2, 0) is 10.1 Å². The smallest absolute Gasteiger partial charge is 0.423 e. The van der Waals surface area contributed by atoms with Crippen LogP contribution < -0.4 is 9.65 Å². The van der Waals surface area contributed by atoms with Gasteiger partial charge in [-0.15, -0.1) is 0 Å². The van der Waals surface area contributed by atoms with Gasteiger partial charge in [0.2, 0.25) is 0 Å². The topological polar surface area (TPSA) is 161 Å². The first-order valence-electron chi connectivity index (χ1n) is 34.8. The molecule has 11 nitrogen and oxygen atoms in total. The van der Waals surface area contributed by atoms with Crippen molar-refractivity contribution in [2.75, 3.05) is 0 Å². The minimum absolute atomic E-state index is 0.0214. The van der Waals surface area contributed by atoms with Gasteiger partial charge in [0.25, 0.3) is 0 Å². The van der Waals surface area contributed by atoms with Crippen molar-refractivity contribution >= 4 is 44.2 Å². The second kappa shape index (κ2) is 32.1. The van der Waals surface area contributed by atoms with Gasteiger partial charge in [0.15, 0.2) is 40.7 Å². The molecule has 0 amide bonds. The lowest BCUT2D eigenvalue weighted by molar-refractivity contribution is -0.382. The SMILES string of the molecule is O=S(=O)(Oc1ccc2ccccc2c1-c1cccc(-c2nc(-c3ccccc3)nc(-c3ccccc3)n2)c1)C(F)(F)C(F)(F)C(F)(F)C(F)(F)F.OB(O)c1ccc(-c2ccccc2)cc1.c1ccc(-c2ccc(-c3ccc4ccccc4c3-c3cccc(-c4nc(-c5ccccc5)nc(-c5ccccc5)n4)c3)cc2)cc1. The van der Waals surface area contributed by atoms with E-state index in [1.807, 2.05) is 103 Å². The third-order valence-corrected chi connectivity index (χ3v) is 19.6. The number of hydrogen-bond donors (Lipinski definition) is 2. The van der Waals surface area contributed by atoms with Gasteiger partial charge in [0.1, 0.15) is 0 Å². The number of hydrogen-bond acceptors (Lipinski definition) is 11. The summed E-state index contributed by atoms with van der Waals surface area (Å²) in [5.41, 5.74) is 13.8. The Labute approximate surface area is 637 Å². The van der Waals surface area contributed by atoms with E-state index in [1.54, 1.807) is 84.9 Å². The summed E-state index contributed by atoms with van der Waals surface area (Å²) in [4.78, 5) is 28.6. The summed E-state index contributed by atoms with van der Waals surface area (Å²) in [5.74, 6) is -13.4. The standard InChI is InChI=1S/C43H29N3.C35H20F9N3O3S.C12H11BO2/c1-4-13-30(14-5-1)31-23-25-33(26-24-31)39-28-27-32-15-10-11-22-38(32)40(39)36-20-12-21-37(29-36)43-45-41(34-16-6-2-7-17-34)44-42(46-43)35-18-8-3-9-19-35;36-32(37,34(40,41)42)33(38,39)35(43,44)51(48,49)50-27-19-18-21-10-7-8-17-26(21)28(27)24-15-9-16-25(20-24)31-46-29(22-11-3-1-4-12-22)45-30(47-31)23-13-5-2-6-14-23;14-13(15)12-8-6-11(7-9-12)10-4-2-1-3-5-10/h1-29H;1-20H;1-9,14-15H. The van der Waals surface area contributed by atoms with Crippen LogP contribution >= 0.6 is 0 Å². The van der Waals surface area contributed by atoms with Gasteiger partial charge in [-0.1, -0.05) is 334 Å². The van der Waals surface area contributed by atoms with Crippen molar-refractivity contribution in [1.82, 2.24) is 29.9 Å². The zero-order valence-electron chi connectivity index (χ0n) is 58.7. The molecule has 0 aliphatic rings. The molecular formula is C90H60BF9N6O5S. The van der Waals surface area contributed by atoms with Gasteiger partial charge in [-0.05, 0) is 95.3 Å². The van der Waals surface area contributed by atoms with Crippen molar-refractivity contribution in [3.8, 4) is 130 Å². The molecule has 0 fully saturated rings. The molecule has 0 atom stereocenters. The van der Waals surface area contributed by atoms with Crippen LogP contribution in [-0.4, -0.2) is 78.8 Å². The molecule has 0 saturated carbocycles. The maximum absolute atomic E-state index is 14.7. The summed E-state index contributed by atoms with van der Waals surface area (Å²) in [6.45, 7) is 0. The Balaban J connectivity index is 0.000000157. The fourth-order valence-electron chi connectivity index (χ4n) is 12.6. The number of halogens is 9. The molecule has 0 aliphatic heterocycles. The Hall–Kier alpha value is -13.3. The van der Waals surface area contributed by atoms with E-state index >= 15 is 0 Å². The average molecular weight is 1520 g/mol. The molecule has 16 aromatic rings. The molecule has 22 heteroatoms. The van der Waals surface area contributed by atoms with E-state index in [-0.39, 0.29) is 39.5 Å². The average Bonchev–Trinajstić information content (AvgIpc) is 0.718. The van der Waals surface area contributed by atoms with E-state index in [0.717, 1.165) is 45.5 Å². The van der Waals surface area contributed by atoms with Crippen LogP contribution in [0.25, 0.3) is 146 Å². The van der Waals surface area contributed by atoms with Crippen LogP contribution in [0.1, 0.15) is 0 Å². The van der Waals surface area contributed by atoms with Gasteiger partial charge in [0, 0.05) is 38.9 Å². The molecule has 2 heterocycles. The first kappa shape index (κ1) is 75.5. The van der Waals surface area contributed by atoms with Crippen LogP contribution in [0.5, 0.6) is 5.75 Å². The number of fused-ring (bicyclic) bond motifs is 2. The number of benzene rings is 14. The maximum atomic E-state index is 14.7. The van der Waals surface area contributed by atoms with Crippen LogP contribution in [0.2, 0.25) is 0 Å². The van der Waals surface area contributed by atoms with Crippen molar-refractivity contribution in [3.05, 3.63) is 352 Å². The maximum Gasteiger partial charge on any atom is 0.488 e. The van der Waals surface area contributed by atoms with E-state index < -0.39 is 46.3 Å². The quantitative estimate of drug-likeness (QED) is 0.0507. The molecule has 0 spiro atoms. The van der Waals surface area contributed by atoms with E-state index in [4.69, 9.17) is 25.0 Å². The number of nitrogens with zero attached hydrogens (tertiary/aromatic N) is 6. The number of aromatic nitrogens is 6. The number of rotatable bonds is 17. The third-order valence-electron chi connectivity index (χ3n) is 18.3. The first-order valence-corrected chi connectivity index (χ1v) is 36.2. The summed E-state index contributed by atoms with van der Waals surface area (Å²) >= 11 is 0. The lowest BCUT2D eigenvalue weighted by Gasteiger charge is -2.32. The van der Waals surface area contributed by atoms with Crippen LogP contribution in [0, 0.1) is 0 Å². The van der Waals surface area contributed by atoms with Gasteiger partial charge in [-0.3, -0.25) is 0 Å². The largest absolute Gasteiger partial charge is 0.488 e. The highest BCUT2D eigenvalue weighted by Crippen LogP contribution is 2.56. The van der Waals surface area contributed by atoms with Crippen molar-refractivity contribution in [2.45, 2.75) is 23.3 Å². The van der Waals surface area contributed by atoms with E-state index in [1.165, 1.54) is 75.0 Å². The predicted octanol–water partition coefficient (Wildman–Crippen LogP) is 21.9. The summed E-state index contributed by atoms with van der Waals surface area (Å²) < 4.78 is 153. The molecule has 0 aliphatic carbocycles. The molecule has 552 valence electrons. The highest BCUT2D eigenvalue weighted by Gasteiger charge is 2.86. The third kappa shape index (κ3) is 16.0. The van der Waals surface area contributed by atoms with Crippen molar-refractivity contribution in [2.24, 2.45) is 0 Å². The molecule has 2 aromatic heterocycles. The molecule has 2 N–H and O–H groups in total. The fourth-order valence-corrected chi connectivity index (χ4v) is 13.5. The molecule has 14 aromatic carbocycles. The van der Waals surface area contributed by atoms with Crippen LogP contribution in [0.4, 0.5) is 39.5 Å². The molecule has 16 rings (SSSR count). The van der Waals surface area contributed by atoms with E-state index in [9.17, 15) is 47.9 Å². The second-order valence-corrected chi connectivity index (χ2v) is 27.2. The first-order chi connectivity index (χ1) is 54.0. The Morgan fingerprint density at radius 3 is 0.955 bits per heavy atom. The summed E-state index contributed by atoms with van der Waals surface area (Å²) in [6, 6.07) is 110. The molecule has 0 bridgehead atoms. The summed E-state index contributed by atoms with van der Waals surface area (Å²) in [6.07, 6.45) is -7.24. The summed E-state index contributed by atoms with van der Waals surface area (Å²) in [5, 5.41) is 13.7. The Bertz CT molecular complexity index is 6000. The van der Waals surface area contributed by atoms with Crippen molar-refractivity contribution in [1.29, 1.82) is 0 Å². The molecule has 0 radical (unpaired) electrons. The van der Waals surface area contributed by atoms with Crippen LogP contribution in [0.3, 0.4) is 0 Å². The predicted molar refractivity (Wildman–Crippen MR) is 421 cm³/mol. The lowest BCUT2D eigenvalue weighted by atomic mass is 9.80. The zero-order valence-corrected chi connectivity index (χ0v) is 59.5. The normalized spacial score (nSPS) is 11.8. The lowest BCUT2D eigenvalue weighted by Crippen LogP contribution is -2.63. The monoisotopic (exact) mass is 1520 g/mol. The van der Waals surface area contributed by atoms with Gasteiger partial charge in [-0.2, -0.15) is 47.9 Å². The van der Waals surface area contributed by atoms with Crippen molar-refractivity contribution < 1.29 is 62.2 Å². The van der Waals surface area contributed by atoms with Crippen molar-refractivity contribution in [3.63, 3.8) is 0 Å². The molecular weight excluding hydrogens is 1460 g/mol. The second-order valence-electron chi connectivity index (χ2n) is 25.6. The van der Waals surface area contributed by atoms with E-state index in [0.29, 0.717) is 39.4 Å². The minimum atomic E-state index is -7.47. The Morgan fingerprint density at radius 2 is 0.571 bits per heavy atom. The highest BCUT2D eigenvalue weighted by atomic mass is 32.2. The summed E-state index contributed by atoms with van der Waals surface area (Å²) in [7, 11) is -8.64. The Kier molecular flexibility index (Phi) is 21.7. The minimum Gasteiger partial charge on any atom is -0.423 e. The molecule has 0 unspecified atom stereocenters. The van der Waals surface area contributed by atoms with Gasteiger partial charge in [-0.25, -0.2) is 29.9 Å². The van der Waals surface area contributed by atoms with Gasteiger partial charge in [0.05, 0.1) is 0 Å². The van der Waals surface area contributed by atoms with Gasteiger partial charge < -0.3 is 14.2 Å².